The summed E-state index contributed by atoms with van der Waals surface area (Å²) in [6, 6.07) is 5.02. The van der Waals surface area contributed by atoms with Gasteiger partial charge >= 0.3 is 0 Å². The lowest BCUT2D eigenvalue weighted by Crippen LogP contribution is -2.08. The van der Waals surface area contributed by atoms with Gasteiger partial charge in [0.05, 0.1) is 14.6 Å². The molecule has 3 aromatic rings. The molecule has 0 amide bonds. The maximum Gasteiger partial charge on any atom is 0.234 e. The van der Waals surface area contributed by atoms with E-state index in [-0.39, 0.29) is 11.5 Å². The molecule has 2 aromatic heterocycles. The first-order valence-corrected chi connectivity index (χ1v) is 8.70. The highest BCUT2D eigenvalue weighted by atomic mass is 79.9. The molecule has 1 N–H and O–H groups in total. The van der Waals surface area contributed by atoms with Gasteiger partial charge in [0.25, 0.3) is 0 Å². The number of carbonyl (C=O) groups is 1. The second-order valence-electron chi connectivity index (χ2n) is 5.53. The van der Waals surface area contributed by atoms with Crippen LogP contribution >= 0.6 is 31.9 Å². The predicted octanol–water partition coefficient (Wildman–Crippen LogP) is 4.07. The molecule has 0 spiro atoms. The van der Waals surface area contributed by atoms with Crippen LogP contribution in [0.15, 0.2) is 39.5 Å². The van der Waals surface area contributed by atoms with Crippen molar-refractivity contribution in [3.8, 4) is 5.75 Å². The number of nitrogens with zero attached hydrogens (tertiary/aromatic N) is 3. The van der Waals surface area contributed by atoms with Crippen molar-refractivity contribution in [1.29, 1.82) is 0 Å². The number of rotatable bonds is 3. The number of fused-ring (bicyclic) bond motifs is 1. The Morgan fingerprint density at radius 2 is 1.96 bits per heavy atom. The third-order valence-electron chi connectivity index (χ3n) is 3.89. The third-order valence-corrected chi connectivity index (χ3v) is 5.10. The van der Waals surface area contributed by atoms with Gasteiger partial charge in [-0.3, -0.25) is 9.20 Å². The van der Waals surface area contributed by atoms with E-state index in [1.807, 2.05) is 0 Å². The minimum atomic E-state index is -0.131. The number of benzene rings is 1. The molecule has 1 fully saturated rings. The van der Waals surface area contributed by atoms with Crippen molar-refractivity contribution in [3.63, 3.8) is 0 Å². The number of phenols is 1. The Labute approximate surface area is 148 Å². The number of ketones is 1. The SMILES string of the molecule is O=C(c1cc(Br)c(O)c(Br)c1)c1c(C2CC2)nc2ncccn12. The second-order valence-corrected chi connectivity index (χ2v) is 7.24. The molecule has 0 aliphatic heterocycles. The van der Waals surface area contributed by atoms with Crippen LogP contribution in [0.5, 0.6) is 5.75 Å². The van der Waals surface area contributed by atoms with Gasteiger partial charge in [-0.2, -0.15) is 0 Å². The van der Waals surface area contributed by atoms with E-state index in [9.17, 15) is 9.90 Å². The Hall–Kier alpha value is -1.73. The topological polar surface area (TPSA) is 67.5 Å². The molecule has 0 atom stereocenters. The van der Waals surface area contributed by atoms with Crippen LogP contribution in [0.1, 0.15) is 40.5 Å². The maximum absolute atomic E-state index is 13.1. The summed E-state index contributed by atoms with van der Waals surface area (Å²) in [5.41, 5.74) is 1.85. The van der Waals surface area contributed by atoms with Gasteiger partial charge in [0, 0.05) is 23.9 Å². The molecule has 1 aromatic carbocycles. The summed E-state index contributed by atoms with van der Waals surface area (Å²) in [6.45, 7) is 0. The Morgan fingerprint density at radius 3 is 2.61 bits per heavy atom. The zero-order valence-corrected chi connectivity index (χ0v) is 15.0. The minimum Gasteiger partial charge on any atom is -0.506 e. The van der Waals surface area contributed by atoms with Crippen LogP contribution in [0.2, 0.25) is 0 Å². The van der Waals surface area contributed by atoms with Crippen molar-refractivity contribution >= 4 is 43.4 Å². The molecular formula is C16H11Br2N3O2. The standard InChI is InChI=1S/C16H11Br2N3O2/c17-10-6-9(7-11(18)15(10)23)14(22)13-12(8-2-3-8)20-16-19-4-1-5-21(13)16/h1,4-8,23H,2-3H2. The molecule has 7 heteroatoms. The lowest BCUT2D eigenvalue weighted by Gasteiger charge is -2.07. The van der Waals surface area contributed by atoms with Gasteiger partial charge in [0.1, 0.15) is 11.4 Å². The normalized spacial score (nSPS) is 14.3. The largest absolute Gasteiger partial charge is 0.506 e. The van der Waals surface area contributed by atoms with Crippen LogP contribution in [0, 0.1) is 0 Å². The van der Waals surface area contributed by atoms with Crippen molar-refractivity contribution in [2.24, 2.45) is 0 Å². The van der Waals surface area contributed by atoms with Crippen LogP contribution < -0.4 is 0 Å². The first-order valence-electron chi connectivity index (χ1n) is 7.12. The fraction of sp³-hybridized carbons (Fsp3) is 0.188. The summed E-state index contributed by atoms with van der Waals surface area (Å²) in [5.74, 6) is 0.812. The van der Waals surface area contributed by atoms with Gasteiger partial charge in [-0.1, -0.05) is 0 Å². The third kappa shape index (κ3) is 2.48. The van der Waals surface area contributed by atoms with Gasteiger partial charge in [-0.15, -0.1) is 0 Å². The zero-order chi connectivity index (χ0) is 16.1. The number of phenolic OH excluding ortho intramolecular Hbond substituents is 1. The van der Waals surface area contributed by atoms with Gasteiger partial charge in [0.15, 0.2) is 0 Å². The fourth-order valence-corrected chi connectivity index (χ4v) is 3.79. The summed E-state index contributed by atoms with van der Waals surface area (Å²) in [7, 11) is 0. The number of carbonyl (C=O) groups excluding carboxylic acids is 1. The minimum absolute atomic E-state index is 0.0729. The van der Waals surface area contributed by atoms with E-state index in [1.165, 1.54) is 0 Å². The van der Waals surface area contributed by atoms with E-state index >= 15 is 0 Å². The van der Waals surface area contributed by atoms with E-state index in [2.05, 4.69) is 41.8 Å². The van der Waals surface area contributed by atoms with E-state index < -0.39 is 0 Å². The number of imidazole rings is 1. The highest BCUT2D eigenvalue weighted by Crippen LogP contribution is 2.42. The van der Waals surface area contributed by atoms with Crippen LogP contribution in [0.25, 0.3) is 5.78 Å². The summed E-state index contributed by atoms with van der Waals surface area (Å²) >= 11 is 6.54. The molecule has 2 heterocycles. The molecule has 1 saturated carbocycles. The molecule has 5 nitrogen and oxygen atoms in total. The van der Waals surface area contributed by atoms with Gasteiger partial charge in [-0.05, 0) is 62.9 Å². The second kappa shape index (κ2) is 5.42. The lowest BCUT2D eigenvalue weighted by atomic mass is 10.0. The smallest absolute Gasteiger partial charge is 0.234 e. The average Bonchev–Trinajstić information content (AvgIpc) is 3.31. The van der Waals surface area contributed by atoms with Gasteiger partial charge < -0.3 is 5.11 Å². The number of aromatic hydroxyl groups is 1. The fourth-order valence-electron chi connectivity index (χ4n) is 2.60. The Kier molecular flexibility index (Phi) is 3.50. The van der Waals surface area contributed by atoms with E-state index in [1.54, 1.807) is 35.0 Å². The van der Waals surface area contributed by atoms with E-state index in [0.29, 0.717) is 31.9 Å². The maximum atomic E-state index is 13.1. The van der Waals surface area contributed by atoms with E-state index in [4.69, 9.17) is 0 Å². The Balaban J connectivity index is 1.91. The summed E-state index contributed by atoms with van der Waals surface area (Å²) in [6.07, 6.45) is 5.57. The van der Waals surface area contributed by atoms with Gasteiger partial charge in [-0.25, -0.2) is 9.97 Å². The highest BCUT2D eigenvalue weighted by Gasteiger charge is 2.33. The molecule has 0 bridgehead atoms. The van der Waals surface area contributed by atoms with E-state index in [0.717, 1.165) is 18.5 Å². The first kappa shape index (κ1) is 14.8. The number of hydrogen-bond acceptors (Lipinski definition) is 4. The van der Waals surface area contributed by atoms with Crippen LogP contribution in [0.4, 0.5) is 0 Å². The number of halogens is 2. The quantitative estimate of drug-likeness (QED) is 0.628. The molecule has 0 unspecified atom stereocenters. The van der Waals surface area contributed by atoms with Crippen molar-refractivity contribution < 1.29 is 9.90 Å². The van der Waals surface area contributed by atoms with Crippen LogP contribution in [0.3, 0.4) is 0 Å². The first-order chi connectivity index (χ1) is 11.1. The average molecular weight is 437 g/mol. The summed E-state index contributed by atoms with van der Waals surface area (Å²) in [4.78, 5) is 21.9. The number of hydrogen-bond donors (Lipinski definition) is 1. The predicted molar refractivity (Wildman–Crippen MR) is 91.9 cm³/mol. The number of aromatic nitrogens is 3. The van der Waals surface area contributed by atoms with Crippen molar-refractivity contribution in [3.05, 3.63) is 56.5 Å². The molecule has 23 heavy (non-hydrogen) atoms. The molecule has 4 rings (SSSR count). The monoisotopic (exact) mass is 435 g/mol. The highest BCUT2D eigenvalue weighted by molar-refractivity contribution is 9.11. The Bertz CT molecular complexity index is 925. The molecule has 0 saturated heterocycles. The molecule has 0 radical (unpaired) electrons. The molecule has 1 aliphatic rings. The molecule has 116 valence electrons. The summed E-state index contributed by atoms with van der Waals surface area (Å²) < 4.78 is 2.68. The van der Waals surface area contributed by atoms with Crippen molar-refractivity contribution in [2.45, 2.75) is 18.8 Å². The Morgan fingerprint density at radius 1 is 1.26 bits per heavy atom. The van der Waals surface area contributed by atoms with Gasteiger partial charge in [0.2, 0.25) is 11.6 Å². The van der Waals surface area contributed by atoms with Crippen molar-refractivity contribution in [2.75, 3.05) is 0 Å². The molecular weight excluding hydrogens is 426 g/mol. The van der Waals surface area contributed by atoms with Crippen molar-refractivity contribution in [1.82, 2.24) is 14.4 Å². The summed E-state index contributed by atoms with van der Waals surface area (Å²) in [5, 5.41) is 9.84. The molecule has 1 aliphatic carbocycles. The van der Waals surface area contributed by atoms with Crippen LogP contribution in [-0.4, -0.2) is 25.3 Å². The zero-order valence-electron chi connectivity index (χ0n) is 11.8. The van der Waals surface area contributed by atoms with Crippen LogP contribution in [-0.2, 0) is 0 Å². The lowest BCUT2D eigenvalue weighted by molar-refractivity contribution is 0.103.